The standard InChI is InChI=1S/C12H20F2N2O/c13-11(14)9-4-3-7-16(8-9)12(17)10-5-1-2-6-15-10/h9-11,15H,1-8H2/t9-,10+/m0/s1. The molecule has 17 heavy (non-hydrogen) atoms. The molecule has 0 saturated carbocycles. The Morgan fingerprint density at radius 2 is 2.06 bits per heavy atom. The minimum atomic E-state index is -2.30. The number of halogens is 2. The van der Waals surface area contributed by atoms with Crippen molar-refractivity contribution in [1.29, 1.82) is 0 Å². The average molecular weight is 246 g/mol. The van der Waals surface area contributed by atoms with Crippen LogP contribution in [0, 0.1) is 5.92 Å². The molecule has 0 aliphatic carbocycles. The fourth-order valence-corrected chi connectivity index (χ4v) is 2.70. The molecule has 98 valence electrons. The Morgan fingerprint density at radius 3 is 2.71 bits per heavy atom. The zero-order valence-corrected chi connectivity index (χ0v) is 10.0. The van der Waals surface area contributed by atoms with Gasteiger partial charge in [-0.3, -0.25) is 4.79 Å². The number of carbonyl (C=O) groups excluding carboxylic acids is 1. The van der Waals surface area contributed by atoms with Gasteiger partial charge >= 0.3 is 0 Å². The van der Waals surface area contributed by atoms with Gasteiger partial charge < -0.3 is 10.2 Å². The molecule has 2 aliphatic heterocycles. The summed E-state index contributed by atoms with van der Waals surface area (Å²) in [5.41, 5.74) is 0. The summed E-state index contributed by atoms with van der Waals surface area (Å²) >= 11 is 0. The van der Waals surface area contributed by atoms with E-state index in [-0.39, 0.29) is 18.5 Å². The fraction of sp³-hybridized carbons (Fsp3) is 0.917. The molecule has 0 aromatic rings. The molecule has 2 saturated heterocycles. The number of likely N-dealkylation sites (tertiary alicyclic amines) is 1. The number of amides is 1. The summed E-state index contributed by atoms with van der Waals surface area (Å²) in [7, 11) is 0. The maximum absolute atomic E-state index is 12.6. The zero-order chi connectivity index (χ0) is 12.3. The lowest BCUT2D eigenvalue weighted by atomic mass is 9.96. The third kappa shape index (κ3) is 3.15. The first-order valence-electron chi connectivity index (χ1n) is 6.49. The molecule has 0 aromatic heterocycles. The third-order valence-corrected chi connectivity index (χ3v) is 3.73. The SMILES string of the molecule is O=C([C@H]1CCCCN1)N1CCC[C@H](C(F)F)C1. The van der Waals surface area contributed by atoms with Crippen LogP contribution >= 0.6 is 0 Å². The maximum atomic E-state index is 12.6. The van der Waals surface area contributed by atoms with Gasteiger partial charge in [-0.15, -0.1) is 0 Å². The fourth-order valence-electron chi connectivity index (χ4n) is 2.70. The molecule has 0 bridgehead atoms. The normalized spacial score (nSPS) is 30.6. The molecule has 2 rings (SSSR count). The van der Waals surface area contributed by atoms with Gasteiger partial charge in [-0.1, -0.05) is 6.42 Å². The van der Waals surface area contributed by atoms with Crippen molar-refractivity contribution in [2.24, 2.45) is 5.92 Å². The van der Waals surface area contributed by atoms with Gasteiger partial charge in [-0.2, -0.15) is 0 Å². The van der Waals surface area contributed by atoms with Gasteiger partial charge in [0, 0.05) is 19.0 Å². The van der Waals surface area contributed by atoms with Crippen LogP contribution < -0.4 is 5.32 Å². The number of carbonyl (C=O) groups is 1. The highest BCUT2D eigenvalue weighted by Gasteiger charge is 2.32. The molecular weight excluding hydrogens is 226 g/mol. The van der Waals surface area contributed by atoms with E-state index in [9.17, 15) is 13.6 Å². The van der Waals surface area contributed by atoms with E-state index in [2.05, 4.69) is 5.32 Å². The van der Waals surface area contributed by atoms with E-state index in [0.717, 1.165) is 25.8 Å². The predicted octanol–water partition coefficient (Wildman–Crippen LogP) is 1.63. The van der Waals surface area contributed by atoms with E-state index in [1.807, 2.05) is 0 Å². The quantitative estimate of drug-likeness (QED) is 0.803. The van der Waals surface area contributed by atoms with E-state index < -0.39 is 12.3 Å². The summed E-state index contributed by atoms with van der Waals surface area (Å²) in [6.45, 7) is 1.73. The highest BCUT2D eigenvalue weighted by atomic mass is 19.3. The Balaban J connectivity index is 1.89. The second-order valence-corrected chi connectivity index (χ2v) is 5.02. The molecular formula is C12H20F2N2O. The van der Waals surface area contributed by atoms with Crippen molar-refractivity contribution in [1.82, 2.24) is 10.2 Å². The first-order chi connectivity index (χ1) is 8.18. The van der Waals surface area contributed by atoms with Crippen LogP contribution in [0.5, 0.6) is 0 Å². The van der Waals surface area contributed by atoms with Crippen molar-refractivity contribution in [3.63, 3.8) is 0 Å². The summed E-state index contributed by atoms with van der Waals surface area (Å²) in [4.78, 5) is 13.8. The molecule has 0 spiro atoms. The van der Waals surface area contributed by atoms with Gasteiger partial charge in [0.1, 0.15) is 0 Å². The minimum Gasteiger partial charge on any atom is -0.341 e. The van der Waals surface area contributed by atoms with Gasteiger partial charge in [0.25, 0.3) is 0 Å². The molecule has 2 atom stereocenters. The average Bonchev–Trinajstić information content (AvgIpc) is 2.39. The lowest BCUT2D eigenvalue weighted by molar-refractivity contribution is -0.137. The Morgan fingerprint density at radius 1 is 1.24 bits per heavy atom. The van der Waals surface area contributed by atoms with E-state index in [4.69, 9.17) is 0 Å². The van der Waals surface area contributed by atoms with Crippen LogP contribution in [0.3, 0.4) is 0 Å². The smallest absolute Gasteiger partial charge is 0.243 e. The predicted molar refractivity (Wildman–Crippen MR) is 60.9 cm³/mol. The first-order valence-corrected chi connectivity index (χ1v) is 6.49. The summed E-state index contributed by atoms with van der Waals surface area (Å²) in [6.07, 6.45) is 1.94. The molecule has 1 N–H and O–H groups in total. The van der Waals surface area contributed by atoms with E-state index in [1.54, 1.807) is 4.90 Å². The molecule has 0 aromatic carbocycles. The second kappa shape index (κ2) is 5.76. The first kappa shape index (κ1) is 12.7. The highest BCUT2D eigenvalue weighted by Crippen LogP contribution is 2.23. The summed E-state index contributed by atoms with van der Waals surface area (Å²) in [6, 6.07) is -0.139. The summed E-state index contributed by atoms with van der Waals surface area (Å²) in [5, 5.41) is 3.18. The van der Waals surface area contributed by atoms with Crippen LogP contribution in [0.25, 0.3) is 0 Å². The lowest BCUT2D eigenvalue weighted by Crippen LogP contribution is -2.52. The number of nitrogens with zero attached hydrogens (tertiary/aromatic N) is 1. The number of rotatable bonds is 2. The molecule has 2 heterocycles. The van der Waals surface area contributed by atoms with E-state index in [0.29, 0.717) is 19.4 Å². The van der Waals surface area contributed by atoms with Gasteiger partial charge in [0.05, 0.1) is 6.04 Å². The topological polar surface area (TPSA) is 32.3 Å². The maximum Gasteiger partial charge on any atom is 0.243 e. The van der Waals surface area contributed by atoms with Crippen LogP contribution in [0.1, 0.15) is 32.1 Å². The van der Waals surface area contributed by atoms with Gasteiger partial charge in [0.15, 0.2) is 0 Å². The van der Waals surface area contributed by atoms with Gasteiger partial charge in [-0.05, 0) is 32.2 Å². The number of alkyl halides is 2. The lowest BCUT2D eigenvalue weighted by Gasteiger charge is -2.35. The summed E-state index contributed by atoms with van der Waals surface area (Å²) in [5.74, 6) is -0.605. The van der Waals surface area contributed by atoms with Crippen molar-refractivity contribution in [3.8, 4) is 0 Å². The molecule has 0 radical (unpaired) electrons. The largest absolute Gasteiger partial charge is 0.341 e. The van der Waals surface area contributed by atoms with Crippen molar-refractivity contribution < 1.29 is 13.6 Å². The number of hydrogen-bond donors (Lipinski definition) is 1. The zero-order valence-electron chi connectivity index (χ0n) is 10.0. The monoisotopic (exact) mass is 246 g/mol. The van der Waals surface area contributed by atoms with Crippen molar-refractivity contribution in [3.05, 3.63) is 0 Å². The number of piperidine rings is 2. The van der Waals surface area contributed by atoms with Crippen LogP contribution in [0.2, 0.25) is 0 Å². The third-order valence-electron chi connectivity index (χ3n) is 3.73. The Kier molecular flexibility index (Phi) is 4.31. The molecule has 5 heteroatoms. The van der Waals surface area contributed by atoms with Crippen LogP contribution in [0.15, 0.2) is 0 Å². The minimum absolute atomic E-state index is 0.0232. The Labute approximate surface area is 101 Å². The van der Waals surface area contributed by atoms with E-state index >= 15 is 0 Å². The van der Waals surface area contributed by atoms with Crippen LogP contribution in [-0.2, 0) is 4.79 Å². The highest BCUT2D eigenvalue weighted by molar-refractivity contribution is 5.82. The van der Waals surface area contributed by atoms with Crippen molar-refractivity contribution in [2.75, 3.05) is 19.6 Å². The number of hydrogen-bond acceptors (Lipinski definition) is 2. The summed E-state index contributed by atoms with van der Waals surface area (Å²) < 4.78 is 25.3. The van der Waals surface area contributed by atoms with Crippen molar-refractivity contribution in [2.45, 2.75) is 44.6 Å². The molecule has 0 unspecified atom stereocenters. The van der Waals surface area contributed by atoms with Gasteiger partial charge in [-0.25, -0.2) is 8.78 Å². The molecule has 2 fully saturated rings. The molecule has 2 aliphatic rings. The molecule has 3 nitrogen and oxygen atoms in total. The number of nitrogens with one attached hydrogen (secondary N) is 1. The van der Waals surface area contributed by atoms with Gasteiger partial charge in [0.2, 0.25) is 12.3 Å². The second-order valence-electron chi connectivity index (χ2n) is 5.02. The Hall–Kier alpha value is -0.710. The van der Waals surface area contributed by atoms with Crippen molar-refractivity contribution >= 4 is 5.91 Å². The Bertz CT molecular complexity index is 267. The van der Waals surface area contributed by atoms with Crippen LogP contribution in [-0.4, -0.2) is 42.9 Å². The van der Waals surface area contributed by atoms with Crippen LogP contribution in [0.4, 0.5) is 8.78 Å². The molecule has 1 amide bonds. The van der Waals surface area contributed by atoms with E-state index in [1.165, 1.54) is 0 Å².